The van der Waals surface area contributed by atoms with E-state index in [0.29, 0.717) is 17.8 Å². The van der Waals surface area contributed by atoms with Crippen LogP contribution in [0.5, 0.6) is 5.88 Å². The standard InChI is InChI=1S/C16H10Cl2F6N2O2/c17-10-2-1-8(5-11(10)18)6-26-13(27)12-9(16(22,23)24)3-4-25-14(12)28-7-15(19,20)21/h1-5H,6-7H2,(H,26,27). The van der Waals surface area contributed by atoms with Crippen LogP contribution in [-0.2, 0) is 12.7 Å². The van der Waals surface area contributed by atoms with Gasteiger partial charge in [0.05, 0.1) is 15.6 Å². The Hall–Kier alpha value is -2.20. The van der Waals surface area contributed by atoms with Crippen molar-refractivity contribution in [1.82, 2.24) is 10.3 Å². The highest BCUT2D eigenvalue weighted by molar-refractivity contribution is 6.42. The molecule has 0 unspecified atom stereocenters. The zero-order chi connectivity index (χ0) is 21.1. The first-order valence-corrected chi connectivity index (χ1v) is 8.12. The number of nitrogens with one attached hydrogen (secondary N) is 1. The maximum absolute atomic E-state index is 13.2. The summed E-state index contributed by atoms with van der Waals surface area (Å²) in [7, 11) is 0. The molecule has 0 atom stereocenters. The molecule has 0 saturated carbocycles. The van der Waals surface area contributed by atoms with Crippen molar-refractivity contribution in [3.63, 3.8) is 0 Å². The van der Waals surface area contributed by atoms with Crippen molar-refractivity contribution in [2.45, 2.75) is 18.9 Å². The van der Waals surface area contributed by atoms with Gasteiger partial charge in [-0.05, 0) is 23.8 Å². The van der Waals surface area contributed by atoms with Crippen molar-refractivity contribution >= 4 is 29.1 Å². The van der Waals surface area contributed by atoms with Crippen LogP contribution in [0.25, 0.3) is 0 Å². The van der Waals surface area contributed by atoms with Crippen molar-refractivity contribution < 1.29 is 35.9 Å². The minimum Gasteiger partial charge on any atom is -0.467 e. The van der Waals surface area contributed by atoms with E-state index in [1.807, 2.05) is 0 Å². The number of halogens is 8. The SMILES string of the molecule is O=C(NCc1ccc(Cl)c(Cl)c1)c1c(C(F)(F)F)ccnc1OCC(F)(F)F. The van der Waals surface area contributed by atoms with E-state index < -0.39 is 41.9 Å². The lowest BCUT2D eigenvalue weighted by Crippen LogP contribution is -2.28. The molecule has 2 aromatic rings. The van der Waals surface area contributed by atoms with Gasteiger partial charge >= 0.3 is 12.4 Å². The Morgan fingerprint density at radius 3 is 2.32 bits per heavy atom. The number of benzene rings is 1. The largest absolute Gasteiger partial charge is 0.467 e. The number of alkyl halides is 6. The smallest absolute Gasteiger partial charge is 0.422 e. The molecule has 0 fully saturated rings. The number of ether oxygens (including phenoxy) is 1. The number of pyridine rings is 1. The summed E-state index contributed by atoms with van der Waals surface area (Å²) >= 11 is 11.6. The third-order valence-corrected chi connectivity index (χ3v) is 4.00. The molecule has 1 N–H and O–H groups in total. The maximum Gasteiger partial charge on any atom is 0.422 e. The summed E-state index contributed by atoms with van der Waals surface area (Å²) in [5.74, 6) is -2.40. The van der Waals surface area contributed by atoms with Crippen molar-refractivity contribution in [3.8, 4) is 5.88 Å². The van der Waals surface area contributed by atoms with E-state index in [1.54, 1.807) is 0 Å². The summed E-state index contributed by atoms with van der Waals surface area (Å²) in [5, 5.41) is 2.55. The summed E-state index contributed by atoms with van der Waals surface area (Å²) in [6.45, 7) is -2.17. The third kappa shape index (κ3) is 5.90. The fraction of sp³-hybridized carbons (Fsp3) is 0.250. The van der Waals surface area contributed by atoms with E-state index in [2.05, 4.69) is 15.0 Å². The topological polar surface area (TPSA) is 51.2 Å². The van der Waals surface area contributed by atoms with Crippen molar-refractivity contribution in [2.75, 3.05) is 6.61 Å². The first kappa shape index (κ1) is 22.1. The van der Waals surface area contributed by atoms with Crippen LogP contribution in [0, 0.1) is 0 Å². The van der Waals surface area contributed by atoms with E-state index in [1.165, 1.54) is 18.2 Å². The number of amides is 1. The second-order valence-corrected chi connectivity index (χ2v) is 6.19. The maximum atomic E-state index is 13.2. The van der Waals surface area contributed by atoms with Gasteiger partial charge in [-0.25, -0.2) is 4.98 Å². The predicted molar refractivity (Wildman–Crippen MR) is 88.4 cm³/mol. The lowest BCUT2D eigenvalue weighted by molar-refractivity contribution is -0.154. The Labute approximate surface area is 164 Å². The van der Waals surface area contributed by atoms with Crippen molar-refractivity contribution in [1.29, 1.82) is 0 Å². The molecule has 2 rings (SSSR count). The highest BCUT2D eigenvalue weighted by Gasteiger charge is 2.38. The zero-order valence-electron chi connectivity index (χ0n) is 13.6. The van der Waals surface area contributed by atoms with Gasteiger partial charge in [-0.2, -0.15) is 26.3 Å². The first-order valence-electron chi connectivity index (χ1n) is 7.36. The van der Waals surface area contributed by atoms with Gasteiger partial charge in [0, 0.05) is 12.7 Å². The molecule has 1 aromatic heterocycles. The molecule has 28 heavy (non-hydrogen) atoms. The van der Waals surface area contributed by atoms with Gasteiger partial charge in [-0.3, -0.25) is 4.79 Å². The average molecular weight is 447 g/mol. The lowest BCUT2D eigenvalue weighted by Gasteiger charge is -2.17. The Balaban J connectivity index is 2.31. The number of aromatic nitrogens is 1. The summed E-state index contributed by atoms with van der Waals surface area (Å²) in [6, 6.07) is 4.71. The molecule has 1 aromatic carbocycles. The molecular weight excluding hydrogens is 437 g/mol. The minimum absolute atomic E-state index is 0.153. The summed E-state index contributed by atoms with van der Waals surface area (Å²) in [6.07, 6.45) is -9.25. The van der Waals surface area contributed by atoms with Crippen molar-refractivity contribution in [3.05, 3.63) is 57.2 Å². The van der Waals surface area contributed by atoms with Gasteiger partial charge in [0.15, 0.2) is 6.61 Å². The number of rotatable bonds is 5. The fourth-order valence-corrected chi connectivity index (χ4v) is 2.40. The molecule has 4 nitrogen and oxygen atoms in total. The van der Waals surface area contributed by atoms with Crippen LogP contribution in [0.15, 0.2) is 30.5 Å². The molecule has 0 radical (unpaired) electrons. The lowest BCUT2D eigenvalue weighted by atomic mass is 10.1. The molecule has 1 amide bonds. The normalized spacial score (nSPS) is 12.0. The second-order valence-electron chi connectivity index (χ2n) is 5.37. The predicted octanol–water partition coefficient (Wildman–Crippen LogP) is 5.28. The minimum atomic E-state index is -5.02. The molecular formula is C16H10Cl2F6N2O2. The average Bonchev–Trinajstić information content (AvgIpc) is 2.59. The number of hydrogen-bond donors (Lipinski definition) is 1. The van der Waals surface area contributed by atoms with Crippen molar-refractivity contribution in [2.24, 2.45) is 0 Å². The number of carbonyl (C=O) groups excluding carboxylic acids is 1. The highest BCUT2D eigenvalue weighted by Crippen LogP contribution is 2.35. The van der Waals surface area contributed by atoms with Crippen LogP contribution in [0.2, 0.25) is 10.0 Å². The molecule has 0 bridgehead atoms. The Bertz CT molecular complexity index is 871. The van der Waals surface area contributed by atoms with Gasteiger partial charge in [0.25, 0.3) is 5.91 Å². The second kappa shape index (κ2) is 8.44. The van der Waals surface area contributed by atoms with Gasteiger partial charge in [0.1, 0.15) is 5.56 Å². The van der Waals surface area contributed by atoms with Gasteiger partial charge < -0.3 is 10.1 Å². The van der Waals surface area contributed by atoms with E-state index in [4.69, 9.17) is 23.2 Å². The fourth-order valence-electron chi connectivity index (χ4n) is 2.08. The van der Waals surface area contributed by atoms with Gasteiger partial charge in [-0.1, -0.05) is 29.3 Å². The third-order valence-electron chi connectivity index (χ3n) is 3.26. The molecule has 1 heterocycles. The molecule has 0 saturated heterocycles. The number of hydrogen-bond acceptors (Lipinski definition) is 3. The highest BCUT2D eigenvalue weighted by atomic mass is 35.5. The number of nitrogens with zero attached hydrogens (tertiary/aromatic N) is 1. The first-order chi connectivity index (χ1) is 12.9. The van der Waals surface area contributed by atoms with Crippen LogP contribution in [0.1, 0.15) is 21.5 Å². The van der Waals surface area contributed by atoms with E-state index in [9.17, 15) is 31.1 Å². The van der Waals surface area contributed by atoms with Gasteiger partial charge in [0.2, 0.25) is 5.88 Å². The Morgan fingerprint density at radius 2 is 1.75 bits per heavy atom. The number of carbonyl (C=O) groups is 1. The molecule has 12 heteroatoms. The molecule has 0 aliphatic heterocycles. The Morgan fingerprint density at radius 1 is 1.07 bits per heavy atom. The summed E-state index contributed by atoms with van der Waals surface area (Å²) in [4.78, 5) is 15.6. The quantitative estimate of drug-likeness (QED) is 0.635. The zero-order valence-corrected chi connectivity index (χ0v) is 15.1. The van der Waals surface area contributed by atoms with Crippen LogP contribution < -0.4 is 10.1 Å². The van der Waals surface area contributed by atoms with Gasteiger partial charge in [-0.15, -0.1) is 0 Å². The monoisotopic (exact) mass is 446 g/mol. The summed E-state index contributed by atoms with van der Waals surface area (Å²) < 4.78 is 81.0. The van der Waals surface area contributed by atoms with E-state index in [-0.39, 0.29) is 16.6 Å². The van der Waals surface area contributed by atoms with Crippen LogP contribution >= 0.6 is 23.2 Å². The van der Waals surface area contributed by atoms with Crippen LogP contribution in [0.3, 0.4) is 0 Å². The van der Waals surface area contributed by atoms with E-state index in [0.717, 1.165) is 0 Å². The molecule has 0 aliphatic rings. The molecule has 0 spiro atoms. The van der Waals surface area contributed by atoms with Crippen LogP contribution in [-0.4, -0.2) is 23.7 Å². The molecule has 152 valence electrons. The van der Waals surface area contributed by atoms with E-state index >= 15 is 0 Å². The summed E-state index contributed by atoms with van der Waals surface area (Å²) in [5.41, 5.74) is -2.23. The Kier molecular flexibility index (Phi) is 6.66. The van der Waals surface area contributed by atoms with Crippen LogP contribution in [0.4, 0.5) is 26.3 Å². The molecule has 0 aliphatic carbocycles.